The van der Waals surface area contributed by atoms with E-state index in [-0.39, 0.29) is 18.3 Å². The Bertz CT molecular complexity index is 632. The van der Waals surface area contributed by atoms with Crippen molar-refractivity contribution in [3.63, 3.8) is 0 Å². The normalized spacial score (nSPS) is 12.0. The van der Waals surface area contributed by atoms with Crippen LogP contribution in [-0.2, 0) is 4.79 Å². The molecule has 0 bridgehead atoms. The summed E-state index contributed by atoms with van der Waals surface area (Å²) in [6.07, 6.45) is 4.13. The van der Waals surface area contributed by atoms with Gasteiger partial charge in [-0.05, 0) is 23.3 Å². The molecule has 0 saturated carbocycles. The molecule has 0 fully saturated rings. The number of nitrogens with zero attached hydrogens (tertiary/aromatic N) is 1. The Balaban J connectivity index is 0.00000161. The Hall–Kier alpha value is -2.10. The molecule has 108 valence electrons. The number of nitrogens with two attached hydrogens (primary N) is 1. The first-order valence-electron chi connectivity index (χ1n) is 6.78. The number of quaternary nitrogens is 1. The van der Waals surface area contributed by atoms with Crippen LogP contribution < -0.4 is 22.6 Å². The van der Waals surface area contributed by atoms with Gasteiger partial charge in [0.1, 0.15) is 0 Å². The number of fused-ring (bicyclic) bond motifs is 2. The molecule has 1 heterocycles. The minimum absolute atomic E-state index is 0. The Morgan fingerprint density at radius 3 is 1.90 bits per heavy atom. The van der Waals surface area contributed by atoms with Crippen LogP contribution in [0.25, 0.3) is 12.2 Å². The first kappa shape index (κ1) is 15.3. The predicted octanol–water partition coefficient (Wildman–Crippen LogP) is -0.968. The number of benzene rings is 2. The summed E-state index contributed by atoms with van der Waals surface area (Å²) in [5, 5.41) is 1.89. The number of carbonyl (C=O) groups is 1. The van der Waals surface area contributed by atoms with Crippen LogP contribution in [0.3, 0.4) is 0 Å². The lowest BCUT2D eigenvalue weighted by molar-refractivity contribution is -0.615. The highest BCUT2D eigenvalue weighted by Gasteiger charge is 2.23. The summed E-state index contributed by atoms with van der Waals surface area (Å²) in [6.45, 7) is 0.433. The highest BCUT2D eigenvalue weighted by Crippen LogP contribution is 2.35. The molecule has 0 spiro atoms. The van der Waals surface area contributed by atoms with Crippen molar-refractivity contribution in [1.82, 2.24) is 0 Å². The molecule has 2 aromatic carbocycles. The average Bonchev–Trinajstić information content (AvgIpc) is 2.64. The van der Waals surface area contributed by atoms with E-state index in [4.69, 9.17) is 0 Å². The molecule has 1 aliphatic heterocycles. The first-order valence-corrected chi connectivity index (χ1v) is 6.78. The van der Waals surface area contributed by atoms with E-state index in [1.165, 1.54) is 0 Å². The van der Waals surface area contributed by atoms with Crippen molar-refractivity contribution >= 4 is 29.4 Å². The third-order valence-corrected chi connectivity index (χ3v) is 3.43. The monoisotopic (exact) mass is 300 g/mol. The number of anilines is 2. The summed E-state index contributed by atoms with van der Waals surface area (Å²) >= 11 is 0. The molecule has 0 aromatic heterocycles. The molecule has 1 amide bonds. The maximum atomic E-state index is 12.5. The van der Waals surface area contributed by atoms with Crippen LogP contribution in [0.5, 0.6) is 0 Å². The molecular formula is C17H17ClN2O. The Kier molecular flexibility index (Phi) is 4.78. The third kappa shape index (κ3) is 2.84. The van der Waals surface area contributed by atoms with E-state index in [1.54, 1.807) is 0 Å². The fourth-order valence-corrected chi connectivity index (χ4v) is 2.51. The van der Waals surface area contributed by atoms with Crippen molar-refractivity contribution in [2.45, 2.75) is 0 Å². The quantitative estimate of drug-likeness (QED) is 0.761. The first-order chi connectivity index (χ1) is 9.81. The number of hydrogen-bond donors (Lipinski definition) is 1. The molecule has 2 N–H and O–H groups in total. The van der Waals surface area contributed by atoms with Crippen molar-refractivity contribution in [2.75, 3.05) is 18.5 Å². The number of hydrogen-bond acceptors (Lipinski definition) is 1. The molecule has 3 rings (SSSR count). The fourth-order valence-electron chi connectivity index (χ4n) is 2.51. The lowest BCUT2D eigenvalue weighted by atomic mass is 10.1. The van der Waals surface area contributed by atoms with Crippen molar-refractivity contribution < 1.29 is 22.5 Å². The van der Waals surface area contributed by atoms with Crippen LogP contribution in [0, 0.1) is 0 Å². The molecule has 2 aromatic rings. The van der Waals surface area contributed by atoms with E-state index >= 15 is 0 Å². The zero-order valence-corrected chi connectivity index (χ0v) is 12.5. The maximum absolute atomic E-state index is 12.5. The summed E-state index contributed by atoms with van der Waals surface area (Å²) in [5.74, 6) is 0.0936. The van der Waals surface area contributed by atoms with Crippen molar-refractivity contribution in [3.8, 4) is 0 Å². The molecule has 1 aliphatic rings. The smallest absolute Gasteiger partial charge is 0.286 e. The van der Waals surface area contributed by atoms with Gasteiger partial charge in [0.15, 0.2) is 6.54 Å². The van der Waals surface area contributed by atoms with E-state index in [0.29, 0.717) is 6.54 Å². The van der Waals surface area contributed by atoms with E-state index < -0.39 is 0 Å². The molecule has 0 atom stereocenters. The largest absolute Gasteiger partial charge is 1.00 e. The van der Waals surface area contributed by atoms with Crippen molar-refractivity contribution in [1.29, 1.82) is 0 Å². The Labute approximate surface area is 130 Å². The molecule has 3 nitrogen and oxygen atoms in total. The van der Waals surface area contributed by atoms with Gasteiger partial charge in [0.25, 0.3) is 5.91 Å². The van der Waals surface area contributed by atoms with Gasteiger partial charge in [-0.25, -0.2) is 0 Å². The minimum atomic E-state index is 0. The minimum Gasteiger partial charge on any atom is -1.00 e. The van der Waals surface area contributed by atoms with Gasteiger partial charge in [-0.15, -0.1) is 0 Å². The highest BCUT2D eigenvalue weighted by molar-refractivity contribution is 6.06. The fraction of sp³-hybridized carbons (Fsp3) is 0.118. The topological polar surface area (TPSA) is 36.9 Å². The SMILES string of the molecule is C[NH2+]CC(=O)N1c2ccccc2C=Cc2ccccc21.[Cl-]. The van der Waals surface area contributed by atoms with Crippen LogP contribution in [0.2, 0.25) is 0 Å². The molecule has 0 unspecified atom stereocenters. The molecule has 21 heavy (non-hydrogen) atoms. The van der Waals surface area contributed by atoms with Crippen LogP contribution in [-0.4, -0.2) is 19.5 Å². The molecule has 0 saturated heterocycles. The average molecular weight is 301 g/mol. The van der Waals surface area contributed by atoms with Gasteiger partial charge >= 0.3 is 0 Å². The van der Waals surface area contributed by atoms with Crippen LogP contribution in [0.4, 0.5) is 11.4 Å². The predicted molar refractivity (Wildman–Crippen MR) is 81.7 cm³/mol. The van der Waals surface area contributed by atoms with Crippen LogP contribution in [0.15, 0.2) is 48.5 Å². The van der Waals surface area contributed by atoms with Gasteiger partial charge in [0.05, 0.1) is 18.4 Å². The zero-order valence-electron chi connectivity index (χ0n) is 11.8. The van der Waals surface area contributed by atoms with Crippen molar-refractivity contribution in [3.05, 3.63) is 59.7 Å². The van der Waals surface area contributed by atoms with E-state index in [9.17, 15) is 4.79 Å². The summed E-state index contributed by atoms with van der Waals surface area (Å²) in [7, 11) is 1.91. The third-order valence-electron chi connectivity index (χ3n) is 3.43. The Morgan fingerprint density at radius 1 is 0.952 bits per heavy atom. The number of para-hydroxylation sites is 2. The van der Waals surface area contributed by atoms with Crippen LogP contribution >= 0.6 is 0 Å². The van der Waals surface area contributed by atoms with Gasteiger partial charge in [-0.2, -0.15) is 0 Å². The van der Waals surface area contributed by atoms with E-state index in [1.807, 2.05) is 65.8 Å². The van der Waals surface area contributed by atoms with Gasteiger partial charge in [0.2, 0.25) is 0 Å². The maximum Gasteiger partial charge on any atom is 0.286 e. The number of likely N-dealkylation sites (N-methyl/N-ethyl adjacent to an activating group) is 1. The second kappa shape index (κ2) is 6.57. The number of amides is 1. The van der Waals surface area contributed by atoms with Gasteiger partial charge in [0, 0.05) is 0 Å². The van der Waals surface area contributed by atoms with Gasteiger partial charge < -0.3 is 17.7 Å². The lowest BCUT2D eigenvalue weighted by Crippen LogP contribution is -3.00. The van der Waals surface area contributed by atoms with Crippen LogP contribution in [0.1, 0.15) is 11.1 Å². The number of rotatable bonds is 2. The molecular weight excluding hydrogens is 284 g/mol. The number of halogens is 1. The second-order valence-electron chi connectivity index (χ2n) is 4.79. The summed E-state index contributed by atoms with van der Waals surface area (Å²) in [4.78, 5) is 14.4. The van der Waals surface area contributed by atoms with E-state index in [2.05, 4.69) is 12.2 Å². The summed E-state index contributed by atoms with van der Waals surface area (Å²) in [6, 6.07) is 16.0. The molecule has 0 radical (unpaired) electrons. The highest BCUT2D eigenvalue weighted by atomic mass is 35.5. The van der Waals surface area contributed by atoms with Crippen molar-refractivity contribution in [2.24, 2.45) is 0 Å². The zero-order chi connectivity index (χ0) is 13.9. The molecule has 0 aliphatic carbocycles. The second-order valence-corrected chi connectivity index (χ2v) is 4.79. The number of carbonyl (C=O) groups excluding carboxylic acids is 1. The lowest BCUT2D eigenvalue weighted by Gasteiger charge is -2.24. The van der Waals surface area contributed by atoms with Gasteiger partial charge in [-0.3, -0.25) is 9.69 Å². The standard InChI is InChI=1S/C17H16N2O.ClH/c1-18-12-17(20)19-15-8-4-2-6-13(15)10-11-14-7-3-5-9-16(14)19;/h2-11,18H,12H2,1H3;1H. The summed E-state index contributed by atoms with van der Waals surface area (Å²) < 4.78 is 0. The Morgan fingerprint density at radius 2 is 1.43 bits per heavy atom. The summed E-state index contributed by atoms with van der Waals surface area (Å²) in [5.41, 5.74) is 4.02. The van der Waals surface area contributed by atoms with E-state index in [0.717, 1.165) is 22.5 Å². The van der Waals surface area contributed by atoms with Gasteiger partial charge in [-0.1, -0.05) is 48.6 Å². The molecule has 4 heteroatoms.